The Morgan fingerprint density at radius 2 is 1.56 bits per heavy atom. The van der Waals surface area contributed by atoms with E-state index in [4.69, 9.17) is 5.73 Å². The molecule has 0 atom stereocenters. The smallest absolute Gasteiger partial charge is 0.0205 e. The summed E-state index contributed by atoms with van der Waals surface area (Å²) in [4.78, 5) is 0. The number of hydrogen-bond donors (Lipinski definition) is 2. The van der Waals surface area contributed by atoms with Crippen LogP contribution >= 0.6 is 0 Å². The van der Waals surface area contributed by atoms with Crippen LogP contribution in [0.2, 0.25) is 0 Å². The maximum absolute atomic E-state index is 5.91. The Hall–Kier alpha value is -0.860. The molecule has 0 amide bonds. The second-order valence-corrected chi connectivity index (χ2v) is 5.09. The molecule has 0 aromatic heterocycles. The van der Waals surface area contributed by atoms with Gasteiger partial charge in [-0.3, -0.25) is 0 Å². The average Bonchev–Trinajstić information content (AvgIpc) is 2.37. The lowest BCUT2D eigenvalue weighted by Crippen LogP contribution is -2.35. The van der Waals surface area contributed by atoms with Crippen LogP contribution in [0.15, 0.2) is 24.3 Å². The van der Waals surface area contributed by atoms with Gasteiger partial charge in [0.25, 0.3) is 0 Å². The van der Waals surface area contributed by atoms with E-state index in [9.17, 15) is 0 Å². The average molecular weight is 250 g/mol. The second kappa shape index (κ2) is 9.12. The molecule has 104 valence electrons. The Morgan fingerprint density at radius 3 is 2.00 bits per heavy atom. The van der Waals surface area contributed by atoms with Gasteiger partial charge in [0.2, 0.25) is 0 Å². The topological polar surface area (TPSA) is 38.0 Å². The summed E-state index contributed by atoms with van der Waals surface area (Å²) in [5, 5.41) is 3.42. The molecule has 1 aromatic rings. The van der Waals surface area contributed by atoms with Crippen molar-refractivity contribution in [2.24, 2.45) is 5.73 Å². The van der Waals surface area contributed by atoms with Crippen LogP contribution in [0.4, 0.5) is 0 Å². The molecule has 0 heterocycles. The summed E-state index contributed by atoms with van der Waals surface area (Å²) in [5.41, 5.74) is 8.58. The highest BCUT2D eigenvalue weighted by Gasteiger charge is 2.08. The van der Waals surface area contributed by atoms with Crippen LogP contribution in [0, 0.1) is 0 Å². The molecule has 0 aliphatic rings. The zero-order valence-electron chi connectivity index (χ0n) is 12.7. The third kappa shape index (κ3) is 8.26. The predicted molar refractivity (Wildman–Crippen MR) is 81.8 cm³/mol. The zero-order chi connectivity index (χ0) is 14.0. The minimum Gasteiger partial charge on any atom is -0.326 e. The maximum Gasteiger partial charge on any atom is 0.0205 e. The van der Waals surface area contributed by atoms with Crippen molar-refractivity contribution in [3.8, 4) is 0 Å². The summed E-state index contributed by atoms with van der Waals surface area (Å²) < 4.78 is 0. The van der Waals surface area contributed by atoms with Crippen molar-refractivity contribution in [1.82, 2.24) is 5.32 Å². The molecule has 0 spiro atoms. The van der Waals surface area contributed by atoms with Gasteiger partial charge in [-0.25, -0.2) is 0 Å². The van der Waals surface area contributed by atoms with Gasteiger partial charge in [0.15, 0.2) is 0 Å². The molecule has 0 aliphatic heterocycles. The molecule has 0 radical (unpaired) electrons. The van der Waals surface area contributed by atoms with Gasteiger partial charge in [-0.2, -0.15) is 0 Å². The number of hydrogen-bond acceptors (Lipinski definition) is 2. The van der Waals surface area contributed by atoms with E-state index in [1.807, 2.05) is 13.8 Å². The van der Waals surface area contributed by atoms with E-state index in [1.165, 1.54) is 11.1 Å². The number of nitrogens with two attached hydrogens (primary N) is 1. The number of benzene rings is 1. The Kier molecular flexibility index (Phi) is 8.69. The van der Waals surface area contributed by atoms with Crippen LogP contribution < -0.4 is 11.1 Å². The normalized spacial score (nSPS) is 10.8. The van der Waals surface area contributed by atoms with Crippen molar-refractivity contribution in [3.05, 3.63) is 35.4 Å². The van der Waals surface area contributed by atoms with Crippen LogP contribution in [0.25, 0.3) is 0 Å². The van der Waals surface area contributed by atoms with Crippen LogP contribution in [0.1, 0.15) is 52.2 Å². The van der Waals surface area contributed by atoms with Crippen molar-refractivity contribution in [2.45, 2.75) is 59.5 Å². The first-order chi connectivity index (χ1) is 8.51. The fraction of sp³-hybridized carbons (Fsp3) is 0.625. The molecule has 1 aromatic carbocycles. The fourth-order valence-corrected chi connectivity index (χ4v) is 1.54. The van der Waals surface area contributed by atoms with Crippen LogP contribution in [-0.4, -0.2) is 12.1 Å². The van der Waals surface area contributed by atoms with Crippen LogP contribution in [0.3, 0.4) is 0 Å². The standard InChI is InChI=1S/C14H24N2.C2H6/c1-4-12-5-7-13(8-6-12)11-16-10-9-14(2,3)15;1-2/h5-8,16H,4,9-11,15H2,1-3H3;1-2H3. The summed E-state index contributed by atoms with van der Waals surface area (Å²) in [5.74, 6) is 0. The zero-order valence-corrected chi connectivity index (χ0v) is 12.7. The molecule has 0 saturated carbocycles. The van der Waals surface area contributed by atoms with Gasteiger partial charge in [0.05, 0.1) is 0 Å². The lowest BCUT2D eigenvalue weighted by molar-refractivity contribution is 0.455. The summed E-state index contributed by atoms with van der Waals surface area (Å²) >= 11 is 0. The summed E-state index contributed by atoms with van der Waals surface area (Å²) in [6.07, 6.45) is 2.11. The van der Waals surface area contributed by atoms with Crippen molar-refractivity contribution >= 4 is 0 Å². The van der Waals surface area contributed by atoms with Crippen molar-refractivity contribution in [2.75, 3.05) is 6.54 Å². The first kappa shape index (κ1) is 17.1. The quantitative estimate of drug-likeness (QED) is 0.758. The second-order valence-electron chi connectivity index (χ2n) is 5.09. The molecular formula is C16H30N2. The molecule has 2 nitrogen and oxygen atoms in total. The van der Waals surface area contributed by atoms with E-state index in [1.54, 1.807) is 0 Å². The van der Waals surface area contributed by atoms with E-state index in [0.717, 1.165) is 25.9 Å². The van der Waals surface area contributed by atoms with Gasteiger partial charge in [0, 0.05) is 12.1 Å². The Bertz CT molecular complexity index is 296. The van der Waals surface area contributed by atoms with Crippen molar-refractivity contribution in [3.63, 3.8) is 0 Å². The van der Waals surface area contributed by atoms with E-state index < -0.39 is 0 Å². The molecule has 0 unspecified atom stereocenters. The highest BCUT2D eigenvalue weighted by molar-refractivity contribution is 5.22. The van der Waals surface area contributed by atoms with Gasteiger partial charge in [-0.1, -0.05) is 45.0 Å². The minimum absolute atomic E-state index is 0.0704. The molecule has 1 rings (SSSR count). The van der Waals surface area contributed by atoms with E-state index in [-0.39, 0.29) is 5.54 Å². The highest BCUT2D eigenvalue weighted by atomic mass is 14.9. The Morgan fingerprint density at radius 1 is 1.06 bits per heavy atom. The van der Waals surface area contributed by atoms with Gasteiger partial charge in [0.1, 0.15) is 0 Å². The van der Waals surface area contributed by atoms with Crippen LogP contribution in [0.5, 0.6) is 0 Å². The van der Waals surface area contributed by atoms with Gasteiger partial charge in [-0.15, -0.1) is 0 Å². The van der Waals surface area contributed by atoms with Gasteiger partial charge in [-0.05, 0) is 44.4 Å². The molecule has 2 heteroatoms. The Balaban J connectivity index is 0.00000137. The third-order valence-electron chi connectivity index (χ3n) is 2.71. The van der Waals surface area contributed by atoms with Crippen molar-refractivity contribution < 1.29 is 0 Å². The summed E-state index contributed by atoms with van der Waals surface area (Å²) in [7, 11) is 0. The Labute approximate surface area is 113 Å². The highest BCUT2D eigenvalue weighted by Crippen LogP contribution is 2.05. The maximum atomic E-state index is 5.91. The molecule has 0 fully saturated rings. The number of nitrogens with one attached hydrogen (secondary N) is 1. The summed E-state index contributed by atoms with van der Waals surface area (Å²) in [6.45, 7) is 12.2. The number of aryl methyl sites for hydroxylation is 1. The van der Waals surface area contributed by atoms with Crippen LogP contribution in [-0.2, 0) is 13.0 Å². The van der Waals surface area contributed by atoms with Crippen molar-refractivity contribution in [1.29, 1.82) is 0 Å². The summed E-state index contributed by atoms with van der Waals surface area (Å²) in [6, 6.07) is 8.78. The first-order valence-corrected chi connectivity index (χ1v) is 7.08. The molecule has 0 saturated heterocycles. The van der Waals surface area contributed by atoms with Gasteiger partial charge < -0.3 is 11.1 Å². The monoisotopic (exact) mass is 250 g/mol. The lowest BCUT2D eigenvalue weighted by atomic mass is 10.0. The first-order valence-electron chi connectivity index (χ1n) is 7.08. The number of rotatable bonds is 6. The molecule has 0 aliphatic carbocycles. The minimum atomic E-state index is -0.0704. The predicted octanol–water partition coefficient (Wildman–Crippen LogP) is 3.49. The molecule has 18 heavy (non-hydrogen) atoms. The largest absolute Gasteiger partial charge is 0.326 e. The van der Waals surface area contributed by atoms with Gasteiger partial charge >= 0.3 is 0 Å². The SMILES string of the molecule is CC.CCc1ccc(CNCCC(C)(C)N)cc1. The molecule has 0 bridgehead atoms. The molecule has 3 N–H and O–H groups in total. The van der Waals surface area contributed by atoms with E-state index in [2.05, 4.69) is 50.4 Å². The third-order valence-corrected chi connectivity index (χ3v) is 2.71. The van der Waals surface area contributed by atoms with E-state index in [0.29, 0.717) is 0 Å². The van der Waals surface area contributed by atoms with E-state index >= 15 is 0 Å². The fourth-order valence-electron chi connectivity index (χ4n) is 1.54. The molecular weight excluding hydrogens is 220 g/mol. The lowest BCUT2D eigenvalue weighted by Gasteiger charge is -2.18.